The van der Waals surface area contributed by atoms with Crippen LogP contribution in [0.2, 0.25) is 0 Å². The second-order valence-electron chi connectivity index (χ2n) is 7.58. The van der Waals surface area contributed by atoms with Gasteiger partial charge in [0.2, 0.25) is 0 Å². The first-order valence-electron chi connectivity index (χ1n) is 7.95. The fourth-order valence-electron chi connectivity index (χ4n) is 6.22. The van der Waals surface area contributed by atoms with Crippen LogP contribution in [0.3, 0.4) is 0 Å². The van der Waals surface area contributed by atoms with E-state index in [1.807, 2.05) is 13.8 Å². The van der Waals surface area contributed by atoms with Crippen LogP contribution in [0.15, 0.2) is 24.3 Å². The van der Waals surface area contributed by atoms with Crippen LogP contribution in [0.5, 0.6) is 0 Å². The molecule has 4 aliphatic carbocycles. The summed E-state index contributed by atoms with van der Waals surface area (Å²) in [5, 5.41) is 0. The quantitative estimate of drug-likeness (QED) is 0.580. The highest BCUT2D eigenvalue weighted by molar-refractivity contribution is 5.82. The van der Waals surface area contributed by atoms with E-state index in [1.165, 1.54) is 14.2 Å². The highest BCUT2D eigenvalue weighted by atomic mass is 16.5. The maximum absolute atomic E-state index is 12.5. The predicted octanol–water partition coefficient (Wildman–Crippen LogP) is 2.21. The zero-order valence-corrected chi connectivity index (χ0v) is 13.4. The van der Waals surface area contributed by atoms with Crippen LogP contribution in [0.25, 0.3) is 0 Å². The Morgan fingerprint density at radius 3 is 1.23 bits per heavy atom. The zero-order chi connectivity index (χ0) is 15.9. The summed E-state index contributed by atoms with van der Waals surface area (Å²) in [6.45, 7) is 4.06. The number of allylic oxidation sites excluding steroid dienone is 4. The lowest BCUT2D eigenvalue weighted by molar-refractivity contribution is -0.157. The van der Waals surface area contributed by atoms with E-state index < -0.39 is 10.8 Å². The molecule has 4 unspecified atom stereocenters. The van der Waals surface area contributed by atoms with Gasteiger partial charge in [-0.05, 0) is 49.4 Å². The Balaban J connectivity index is 1.84. The summed E-state index contributed by atoms with van der Waals surface area (Å²) in [5.41, 5.74) is -1.03. The molecule has 8 atom stereocenters. The molecule has 4 aliphatic rings. The van der Waals surface area contributed by atoms with Crippen LogP contribution in [-0.4, -0.2) is 26.2 Å². The fraction of sp³-hybridized carbons (Fsp3) is 0.667. The number of esters is 2. The van der Waals surface area contributed by atoms with Crippen molar-refractivity contribution in [2.75, 3.05) is 14.2 Å². The third-order valence-corrected chi connectivity index (χ3v) is 7.17. The Morgan fingerprint density at radius 1 is 0.727 bits per heavy atom. The molecule has 0 amide bonds. The molecular formula is C18H22O4. The Kier molecular flexibility index (Phi) is 2.57. The van der Waals surface area contributed by atoms with Crippen LogP contribution in [0, 0.1) is 46.3 Å². The van der Waals surface area contributed by atoms with Gasteiger partial charge in [0.25, 0.3) is 0 Å². The smallest absolute Gasteiger partial charge is 0.312 e. The van der Waals surface area contributed by atoms with E-state index in [9.17, 15) is 9.59 Å². The van der Waals surface area contributed by atoms with Crippen LogP contribution >= 0.6 is 0 Å². The monoisotopic (exact) mass is 302 g/mol. The molecule has 0 aromatic rings. The fourth-order valence-corrected chi connectivity index (χ4v) is 6.22. The number of methoxy groups -OCH3 is 2. The van der Waals surface area contributed by atoms with E-state index in [2.05, 4.69) is 24.3 Å². The molecule has 22 heavy (non-hydrogen) atoms. The molecule has 4 heteroatoms. The molecule has 0 saturated heterocycles. The summed E-state index contributed by atoms with van der Waals surface area (Å²) in [4.78, 5) is 25.0. The Hall–Kier alpha value is -1.58. The Morgan fingerprint density at radius 2 is 1.00 bits per heavy atom. The largest absolute Gasteiger partial charge is 0.469 e. The minimum Gasteiger partial charge on any atom is -0.469 e. The standard InChI is InChI=1S/C18H22O4/c1-17(15(19)21-3)9-5-7-11-13(9)14-10(17)6-8-12(14)18(11,2)16(20)22-4/h5-14H,1-4H3/t9-,10-,11-,12+,13?,14?,17?,18?/m1/s1. The molecule has 4 rings (SSSR count). The first-order chi connectivity index (χ1) is 10.4. The number of rotatable bonds is 2. The minimum atomic E-state index is -0.516. The minimum absolute atomic E-state index is 0.132. The van der Waals surface area contributed by atoms with Crippen molar-refractivity contribution in [3.63, 3.8) is 0 Å². The second kappa shape index (κ2) is 4.03. The van der Waals surface area contributed by atoms with Crippen LogP contribution in [-0.2, 0) is 19.1 Å². The van der Waals surface area contributed by atoms with Crippen molar-refractivity contribution in [2.24, 2.45) is 46.3 Å². The van der Waals surface area contributed by atoms with Gasteiger partial charge in [-0.1, -0.05) is 24.3 Å². The van der Waals surface area contributed by atoms with Crippen molar-refractivity contribution >= 4 is 11.9 Å². The molecule has 118 valence electrons. The lowest BCUT2D eigenvalue weighted by Gasteiger charge is -2.35. The molecule has 0 radical (unpaired) electrons. The molecule has 0 N–H and O–H groups in total. The predicted molar refractivity (Wildman–Crippen MR) is 79.5 cm³/mol. The molecule has 0 aromatic carbocycles. The summed E-state index contributed by atoms with van der Waals surface area (Å²) < 4.78 is 10.3. The van der Waals surface area contributed by atoms with E-state index in [4.69, 9.17) is 9.47 Å². The van der Waals surface area contributed by atoms with E-state index in [1.54, 1.807) is 0 Å². The number of carbonyl (C=O) groups excluding carboxylic acids is 2. The number of hydrogen-bond acceptors (Lipinski definition) is 4. The van der Waals surface area contributed by atoms with Gasteiger partial charge in [-0.3, -0.25) is 9.59 Å². The summed E-state index contributed by atoms with van der Waals surface area (Å²) in [7, 11) is 2.93. The van der Waals surface area contributed by atoms with E-state index >= 15 is 0 Å². The Bertz CT molecular complexity index is 535. The van der Waals surface area contributed by atoms with Crippen molar-refractivity contribution in [3.05, 3.63) is 24.3 Å². The molecule has 0 aromatic heterocycles. The molecule has 0 aliphatic heterocycles. The van der Waals surface area contributed by atoms with Crippen LogP contribution < -0.4 is 0 Å². The summed E-state index contributed by atoms with van der Waals surface area (Å²) in [6.07, 6.45) is 8.59. The van der Waals surface area contributed by atoms with Gasteiger partial charge in [-0.25, -0.2) is 0 Å². The average Bonchev–Trinajstić information content (AvgIpc) is 3.22. The number of ether oxygens (including phenoxy) is 2. The first-order valence-corrected chi connectivity index (χ1v) is 7.95. The lowest BCUT2D eigenvalue weighted by Crippen LogP contribution is -2.42. The maximum Gasteiger partial charge on any atom is 0.312 e. The van der Waals surface area contributed by atoms with Gasteiger partial charge in [0.05, 0.1) is 25.0 Å². The van der Waals surface area contributed by atoms with Crippen molar-refractivity contribution in [1.82, 2.24) is 0 Å². The van der Waals surface area contributed by atoms with Gasteiger partial charge in [0, 0.05) is 0 Å². The number of carbonyl (C=O) groups is 2. The second-order valence-corrected chi connectivity index (χ2v) is 7.58. The highest BCUT2D eigenvalue weighted by Gasteiger charge is 2.75. The molecule has 0 heterocycles. The number of hydrogen-bond donors (Lipinski definition) is 0. The molecule has 0 bridgehead atoms. The van der Waals surface area contributed by atoms with Crippen LogP contribution in [0.4, 0.5) is 0 Å². The van der Waals surface area contributed by atoms with Gasteiger partial charge in [0.1, 0.15) is 0 Å². The normalized spacial score (nSPS) is 52.9. The van der Waals surface area contributed by atoms with Crippen molar-refractivity contribution in [2.45, 2.75) is 13.8 Å². The third-order valence-electron chi connectivity index (χ3n) is 7.17. The summed E-state index contributed by atoms with van der Waals surface area (Å²) in [6, 6.07) is 0. The average molecular weight is 302 g/mol. The van der Waals surface area contributed by atoms with Gasteiger partial charge >= 0.3 is 11.9 Å². The summed E-state index contributed by atoms with van der Waals surface area (Å²) >= 11 is 0. The molecule has 4 nitrogen and oxygen atoms in total. The Labute approximate surface area is 130 Å². The molecular weight excluding hydrogens is 280 g/mol. The topological polar surface area (TPSA) is 52.6 Å². The van der Waals surface area contributed by atoms with Gasteiger partial charge in [-0.2, -0.15) is 0 Å². The zero-order valence-electron chi connectivity index (χ0n) is 13.4. The van der Waals surface area contributed by atoms with Crippen molar-refractivity contribution < 1.29 is 19.1 Å². The van der Waals surface area contributed by atoms with E-state index in [0.29, 0.717) is 11.8 Å². The van der Waals surface area contributed by atoms with Crippen molar-refractivity contribution in [3.8, 4) is 0 Å². The van der Waals surface area contributed by atoms with Gasteiger partial charge < -0.3 is 9.47 Å². The van der Waals surface area contributed by atoms with E-state index in [0.717, 1.165) is 0 Å². The lowest BCUT2D eigenvalue weighted by atomic mass is 9.68. The molecule has 2 saturated carbocycles. The van der Waals surface area contributed by atoms with Crippen LogP contribution in [0.1, 0.15) is 13.8 Å². The van der Waals surface area contributed by atoms with Crippen molar-refractivity contribution in [1.29, 1.82) is 0 Å². The summed E-state index contributed by atoms with van der Waals surface area (Å²) in [5.74, 6) is 1.01. The first kappa shape index (κ1) is 14.0. The molecule has 2 fully saturated rings. The maximum atomic E-state index is 12.5. The van der Waals surface area contributed by atoms with E-state index in [-0.39, 0.29) is 35.6 Å². The van der Waals surface area contributed by atoms with Gasteiger partial charge in [0.15, 0.2) is 0 Å². The van der Waals surface area contributed by atoms with Gasteiger partial charge in [-0.15, -0.1) is 0 Å². The third kappa shape index (κ3) is 1.19. The highest BCUT2D eigenvalue weighted by Crippen LogP contribution is 2.74. The molecule has 0 spiro atoms. The SMILES string of the molecule is COC(=O)C1(C)[C@@H]2C=C[C@@H]3C2C2[C@H]1C=C[C@@H]2C3(C)C(=O)OC.